The van der Waals surface area contributed by atoms with Gasteiger partial charge in [0.1, 0.15) is 10.5 Å². The highest BCUT2D eigenvalue weighted by atomic mass is 35.5. The lowest BCUT2D eigenvalue weighted by Crippen LogP contribution is -2.38. The molecule has 5 heteroatoms. The van der Waals surface area contributed by atoms with Gasteiger partial charge in [0, 0.05) is 0 Å². The summed E-state index contributed by atoms with van der Waals surface area (Å²) in [4.78, 5) is 0. The fourth-order valence-electron chi connectivity index (χ4n) is 0.271. The molecule has 0 aliphatic rings. The molecular weight excluding hydrogens is 198 g/mol. The maximum absolute atomic E-state index is 5.55. The molecule has 0 atom stereocenters. The predicted molar refractivity (Wildman–Crippen MR) is 45.9 cm³/mol. The Morgan fingerprint density at radius 3 is 1.44 bits per heavy atom. The Morgan fingerprint density at radius 1 is 1.11 bits per heavy atom. The van der Waals surface area contributed by atoms with E-state index in [4.69, 9.17) is 39.2 Å². The van der Waals surface area contributed by atoms with Crippen LogP contribution < -0.4 is 0 Å². The number of rotatable bonds is 4. The normalized spacial score (nSPS) is 12.3. The first-order valence-electron chi connectivity index (χ1n) is 2.47. The quantitative estimate of drug-likeness (QED) is 0.488. The smallest absolute Gasteiger partial charge is 0.146 e. The molecule has 0 aromatic heterocycles. The van der Waals surface area contributed by atoms with Crippen molar-refractivity contribution < 1.29 is 4.43 Å². The average molecular weight is 208 g/mol. The molecule has 1 nitrogen and oxygen atoms in total. The van der Waals surface area contributed by atoms with Gasteiger partial charge in [0.15, 0.2) is 0 Å². The fourth-order valence-corrected chi connectivity index (χ4v) is 2.44. The summed E-state index contributed by atoms with van der Waals surface area (Å²) in [5.41, 5.74) is -0.475. The summed E-state index contributed by atoms with van der Waals surface area (Å²) in [6, 6.07) is 0. The van der Waals surface area contributed by atoms with E-state index < -0.39 is 5.60 Å². The average Bonchev–Trinajstić information content (AvgIpc) is 1.95. The van der Waals surface area contributed by atoms with Crippen LogP contribution in [0.5, 0.6) is 0 Å². The van der Waals surface area contributed by atoms with Crippen molar-refractivity contribution in [2.75, 3.05) is 17.6 Å². The minimum Gasteiger partial charge on any atom is -0.419 e. The Balaban J connectivity index is 3.82. The Bertz CT molecular complexity index is 58.7. The van der Waals surface area contributed by atoms with Gasteiger partial charge in [0.05, 0.1) is 23.2 Å². The highest BCUT2D eigenvalue weighted by molar-refractivity contribution is 6.25. The van der Waals surface area contributed by atoms with Gasteiger partial charge in [-0.2, -0.15) is 0 Å². The van der Waals surface area contributed by atoms with Crippen molar-refractivity contribution in [3.63, 3.8) is 0 Å². The molecule has 0 saturated heterocycles. The molecule has 0 aliphatic carbocycles. The van der Waals surface area contributed by atoms with Crippen molar-refractivity contribution in [2.45, 2.75) is 5.60 Å². The maximum atomic E-state index is 5.55. The van der Waals surface area contributed by atoms with Gasteiger partial charge in [-0.25, -0.2) is 0 Å². The summed E-state index contributed by atoms with van der Waals surface area (Å²) in [5.74, 6) is 1.09. The Morgan fingerprint density at radius 2 is 1.44 bits per heavy atom. The Hall–Kier alpha value is 1.05. The van der Waals surface area contributed by atoms with Crippen molar-refractivity contribution in [1.82, 2.24) is 0 Å². The number of halogens is 3. The Kier molecular flexibility index (Phi) is 5.36. The van der Waals surface area contributed by atoms with Gasteiger partial charge in [-0.15, -0.1) is 34.8 Å². The largest absolute Gasteiger partial charge is 0.419 e. The molecule has 0 saturated carbocycles. The van der Waals surface area contributed by atoms with E-state index >= 15 is 0 Å². The van der Waals surface area contributed by atoms with E-state index in [9.17, 15) is 0 Å². The lowest BCUT2D eigenvalue weighted by molar-refractivity contribution is 0.158. The molecule has 56 valence electrons. The van der Waals surface area contributed by atoms with Gasteiger partial charge in [-0.05, 0) is 0 Å². The summed E-state index contributed by atoms with van der Waals surface area (Å²) in [6.07, 6.45) is 0. The molecule has 0 unspecified atom stereocenters. The van der Waals surface area contributed by atoms with Gasteiger partial charge in [-0.1, -0.05) is 0 Å². The number of alkyl halides is 3. The van der Waals surface area contributed by atoms with Gasteiger partial charge in [0.25, 0.3) is 0 Å². The van der Waals surface area contributed by atoms with Crippen molar-refractivity contribution >= 4 is 45.3 Å². The van der Waals surface area contributed by atoms with Crippen LogP contribution in [0, 0.1) is 0 Å². The van der Waals surface area contributed by atoms with Crippen molar-refractivity contribution in [3.05, 3.63) is 0 Å². The maximum Gasteiger partial charge on any atom is 0.146 e. The molecule has 0 heterocycles. The summed E-state index contributed by atoms with van der Waals surface area (Å²) in [7, 11) is 0.622. The highest BCUT2D eigenvalue weighted by Gasteiger charge is 2.25. The molecule has 0 N–H and O–H groups in total. The second kappa shape index (κ2) is 4.80. The topological polar surface area (TPSA) is 9.23 Å². The van der Waals surface area contributed by atoms with Crippen LogP contribution in [0.2, 0.25) is 0 Å². The second-order valence-corrected chi connectivity index (χ2v) is 3.00. The first-order valence-corrected chi connectivity index (χ1v) is 4.89. The minimum absolute atomic E-state index is 0.365. The predicted octanol–water partition coefficient (Wildman–Crippen LogP) is 0.739. The molecule has 0 fully saturated rings. The van der Waals surface area contributed by atoms with Crippen molar-refractivity contribution in [3.8, 4) is 0 Å². The molecule has 0 aliphatic heterocycles. The molecule has 0 radical (unpaired) electrons. The zero-order valence-corrected chi connectivity index (χ0v) is 9.43. The second-order valence-electron chi connectivity index (χ2n) is 1.79. The van der Waals surface area contributed by atoms with Gasteiger partial charge in [0.2, 0.25) is 0 Å². The van der Waals surface area contributed by atoms with Crippen molar-refractivity contribution in [2.24, 2.45) is 0 Å². The first kappa shape index (κ1) is 10.0. The van der Waals surface area contributed by atoms with Crippen LogP contribution in [0.4, 0.5) is 0 Å². The lowest BCUT2D eigenvalue weighted by atomic mass is 10.2. The van der Waals surface area contributed by atoms with E-state index in [-0.39, 0.29) is 0 Å². The lowest BCUT2D eigenvalue weighted by Gasteiger charge is -2.25. The zero-order valence-electron chi connectivity index (χ0n) is 5.16. The molecule has 9 heavy (non-hydrogen) atoms. The molecule has 0 aromatic carbocycles. The molecule has 0 rings (SSSR count). The van der Waals surface area contributed by atoms with Gasteiger partial charge in [-0.3, -0.25) is 0 Å². The third-order valence-corrected chi connectivity index (χ3v) is 3.49. The van der Waals surface area contributed by atoms with Gasteiger partial charge >= 0.3 is 0 Å². The standard InChI is InChI=1S/C4H9Cl3OSi/c5-1-4(2-6,3-7)8-9/h1-3H2,9H3. The minimum atomic E-state index is -0.475. The van der Waals surface area contributed by atoms with E-state index in [0.717, 1.165) is 0 Å². The van der Waals surface area contributed by atoms with Crippen LogP contribution in [-0.4, -0.2) is 33.7 Å². The van der Waals surface area contributed by atoms with E-state index in [1.165, 1.54) is 0 Å². The fraction of sp³-hybridized carbons (Fsp3) is 1.00. The van der Waals surface area contributed by atoms with Crippen LogP contribution in [0.25, 0.3) is 0 Å². The highest BCUT2D eigenvalue weighted by Crippen LogP contribution is 2.15. The van der Waals surface area contributed by atoms with E-state index in [1.54, 1.807) is 0 Å². The molecule has 0 aromatic rings. The molecular formula is C4H9Cl3OSi. The van der Waals surface area contributed by atoms with E-state index in [0.29, 0.717) is 28.1 Å². The summed E-state index contributed by atoms with van der Waals surface area (Å²) in [6.45, 7) is 0. The monoisotopic (exact) mass is 206 g/mol. The molecule has 0 amide bonds. The van der Waals surface area contributed by atoms with Crippen LogP contribution in [0.15, 0.2) is 0 Å². The van der Waals surface area contributed by atoms with E-state index in [1.807, 2.05) is 0 Å². The van der Waals surface area contributed by atoms with Gasteiger partial charge < -0.3 is 4.43 Å². The zero-order chi connectivity index (χ0) is 7.33. The third-order valence-electron chi connectivity index (χ3n) is 1.16. The number of hydrogen-bond donors (Lipinski definition) is 0. The third kappa shape index (κ3) is 2.64. The molecule has 0 bridgehead atoms. The SMILES string of the molecule is [SiH3]OC(CCl)(CCl)CCl. The number of hydrogen-bond acceptors (Lipinski definition) is 1. The van der Waals surface area contributed by atoms with Crippen molar-refractivity contribution in [1.29, 1.82) is 0 Å². The molecule has 0 spiro atoms. The summed E-state index contributed by atoms with van der Waals surface area (Å²) >= 11 is 16.7. The van der Waals surface area contributed by atoms with Crippen LogP contribution in [-0.2, 0) is 4.43 Å². The summed E-state index contributed by atoms with van der Waals surface area (Å²) in [5, 5.41) is 0. The van der Waals surface area contributed by atoms with Crippen LogP contribution >= 0.6 is 34.8 Å². The summed E-state index contributed by atoms with van der Waals surface area (Å²) < 4.78 is 5.13. The van der Waals surface area contributed by atoms with Crippen LogP contribution in [0.3, 0.4) is 0 Å². The van der Waals surface area contributed by atoms with Crippen LogP contribution in [0.1, 0.15) is 0 Å². The Labute approximate surface area is 73.2 Å². The van der Waals surface area contributed by atoms with E-state index in [2.05, 4.69) is 0 Å². The first-order chi connectivity index (χ1) is 4.24.